The number of rotatable bonds is 5. The van der Waals surface area contributed by atoms with Gasteiger partial charge in [0.25, 0.3) is 0 Å². The Kier molecular flexibility index (Phi) is 6.44. The van der Waals surface area contributed by atoms with Crippen molar-refractivity contribution in [3.05, 3.63) is 12.2 Å². The van der Waals surface area contributed by atoms with Crippen LogP contribution in [0.3, 0.4) is 0 Å². The van der Waals surface area contributed by atoms with Gasteiger partial charge in [-0.3, -0.25) is 4.79 Å². The summed E-state index contributed by atoms with van der Waals surface area (Å²) in [5, 5.41) is 0. The van der Waals surface area contributed by atoms with Crippen LogP contribution < -0.4 is 0 Å². The minimum Gasteiger partial charge on any atom is -0.469 e. The molecule has 0 aliphatic rings. The van der Waals surface area contributed by atoms with Crippen molar-refractivity contribution in [2.24, 2.45) is 5.92 Å². The Hall–Kier alpha value is -0.790. The lowest BCUT2D eigenvalue weighted by Gasteiger charge is -2.07. The maximum Gasteiger partial charge on any atom is 0.306 e. The molecule has 0 radical (unpaired) electrons. The van der Waals surface area contributed by atoms with E-state index < -0.39 is 0 Å². The van der Waals surface area contributed by atoms with Gasteiger partial charge in [0.05, 0.1) is 13.5 Å². The van der Waals surface area contributed by atoms with E-state index in [1.165, 1.54) is 7.11 Å². The van der Waals surface area contributed by atoms with Gasteiger partial charge in [-0.2, -0.15) is 0 Å². The molecule has 0 aliphatic heterocycles. The largest absolute Gasteiger partial charge is 0.469 e. The van der Waals surface area contributed by atoms with Gasteiger partial charge in [0.2, 0.25) is 0 Å². The molecule has 0 saturated carbocycles. The Morgan fingerprint density at radius 2 is 2.17 bits per heavy atom. The predicted molar refractivity (Wildman–Crippen MR) is 49.8 cm³/mol. The lowest BCUT2D eigenvalue weighted by Crippen LogP contribution is -2.07. The van der Waals surface area contributed by atoms with Crippen molar-refractivity contribution in [1.82, 2.24) is 0 Å². The zero-order chi connectivity index (χ0) is 9.40. The van der Waals surface area contributed by atoms with Crippen LogP contribution in [0.4, 0.5) is 0 Å². The number of ether oxygens (including phenoxy) is 1. The lowest BCUT2D eigenvalue weighted by molar-refractivity contribution is -0.141. The molecule has 0 aromatic carbocycles. The van der Waals surface area contributed by atoms with Gasteiger partial charge >= 0.3 is 5.97 Å². The van der Waals surface area contributed by atoms with Crippen molar-refractivity contribution in [1.29, 1.82) is 0 Å². The summed E-state index contributed by atoms with van der Waals surface area (Å²) in [6, 6.07) is 0. The molecule has 1 atom stereocenters. The fourth-order valence-electron chi connectivity index (χ4n) is 0.974. The smallest absolute Gasteiger partial charge is 0.306 e. The third-order valence-corrected chi connectivity index (χ3v) is 1.82. The van der Waals surface area contributed by atoms with Crippen LogP contribution in [0.25, 0.3) is 0 Å². The van der Waals surface area contributed by atoms with Crippen LogP contribution in [0, 0.1) is 5.92 Å². The molecule has 70 valence electrons. The number of allylic oxidation sites excluding steroid dienone is 2. The Bertz CT molecular complexity index is 150. The highest BCUT2D eigenvalue weighted by Gasteiger charge is 2.08. The summed E-state index contributed by atoms with van der Waals surface area (Å²) in [6.45, 7) is 4.16. The van der Waals surface area contributed by atoms with E-state index in [0.717, 1.165) is 12.8 Å². The van der Waals surface area contributed by atoms with Gasteiger partial charge in [-0.1, -0.05) is 26.0 Å². The summed E-state index contributed by atoms with van der Waals surface area (Å²) in [6.07, 6.45) is 6.71. The molecule has 0 spiro atoms. The number of carbonyl (C=O) groups is 1. The molecule has 0 aliphatic carbocycles. The van der Waals surface area contributed by atoms with Crippen molar-refractivity contribution >= 4 is 5.97 Å². The summed E-state index contributed by atoms with van der Waals surface area (Å²) in [7, 11) is 1.43. The van der Waals surface area contributed by atoms with Crippen LogP contribution in [0.2, 0.25) is 0 Å². The zero-order valence-corrected chi connectivity index (χ0v) is 8.17. The van der Waals surface area contributed by atoms with Gasteiger partial charge in [0.1, 0.15) is 0 Å². The summed E-state index contributed by atoms with van der Waals surface area (Å²) >= 11 is 0. The first-order valence-electron chi connectivity index (χ1n) is 4.48. The minimum atomic E-state index is -0.123. The topological polar surface area (TPSA) is 26.3 Å². The second kappa shape index (κ2) is 6.89. The second-order valence-corrected chi connectivity index (χ2v) is 2.78. The number of hydrogen-bond donors (Lipinski definition) is 0. The summed E-state index contributed by atoms with van der Waals surface area (Å²) in [5.74, 6) is 0.222. The van der Waals surface area contributed by atoms with Crippen molar-refractivity contribution in [2.45, 2.75) is 33.1 Å². The van der Waals surface area contributed by atoms with Crippen molar-refractivity contribution in [3.8, 4) is 0 Å². The molecular formula is C10H18O2. The van der Waals surface area contributed by atoms with E-state index in [-0.39, 0.29) is 5.97 Å². The molecular weight excluding hydrogens is 152 g/mol. The molecule has 2 nitrogen and oxygen atoms in total. The maximum atomic E-state index is 10.9. The molecule has 0 aromatic rings. The number of esters is 1. The van der Waals surface area contributed by atoms with Crippen molar-refractivity contribution in [3.63, 3.8) is 0 Å². The van der Waals surface area contributed by atoms with Crippen molar-refractivity contribution < 1.29 is 9.53 Å². The Morgan fingerprint density at radius 3 is 2.58 bits per heavy atom. The monoisotopic (exact) mass is 170 g/mol. The number of methoxy groups -OCH3 is 1. The minimum absolute atomic E-state index is 0.123. The molecule has 2 heteroatoms. The van der Waals surface area contributed by atoms with Crippen LogP contribution in [0.15, 0.2) is 12.2 Å². The summed E-state index contributed by atoms with van der Waals surface area (Å²) in [4.78, 5) is 10.9. The first-order chi connectivity index (χ1) is 5.74. The number of hydrogen-bond acceptors (Lipinski definition) is 2. The molecule has 0 rings (SSSR count). The average molecular weight is 170 g/mol. The Labute approximate surface area is 74.6 Å². The van der Waals surface area contributed by atoms with Gasteiger partial charge in [-0.15, -0.1) is 0 Å². The molecule has 0 saturated heterocycles. The zero-order valence-electron chi connectivity index (χ0n) is 8.17. The van der Waals surface area contributed by atoms with Crippen molar-refractivity contribution in [2.75, 3.05) is 7.11 Å². The normalized spacial score (nSPS) is 13.2. The van der Waals surface area contributed by atoms with E-state index >= 15 is 0 Å². The van der Waals surface area contributed by atoms with Gasteiger partial charge < -0.3 is 4.74 Å². The van der Waals surface area contributed by atoms with Crippen LogP contribution in [-0.4, -0.2) is 13.1 Å². The standard InChI is InChI=1S/C10H18O2/c1-4-6-7-9(5-2)8-10(11)12-3/h6-7,9H,4-5,8H2,1-3H3/b7-6+. The molecule has 0 bridgehead atoms. The highest BCUT2D eigenvalue weighted by molar-refractivity contribution is 5.69. The highest BCUT2D eigenvalue weighted by atomic mass is 16.5. The molecule has 1 unspecified atom stereocenters. The van der Waals surface area contributed by atoms with Gasteiger partial charge in [-0.25, -0.2) is 0 Å². The Morgan fingerprint density at radius 1 is 1.50 bits per heavy atom. The van der Waals surface area contributed by atoms with E-state index in [0.29, 0.717) is 12.3 Å². The van der Waals surface area contributed by atoms with E-state index in [4.69, 9.17) is 0 Å². The SMILES string of the molecule is CC/C=C/C(CC)CC(=O)OC. The molecule has 0 N–H and O–H groups in total. The third kappa shape index (κ3) is 4.94. The fraction of sp³-hybridized carbons (Fsp3) is 0.700. The lowest BCUT2D eigenvalue weighted by atomic mass is 10.0. The average Bonchev–Trinajstić information content (AvgIpc) is 2.11. The van der Waals surface area contributed by atoms with Crippen LogP contribution >= 0.6 is 0 Å². The van der Waals surface area contributed by atoms with Gasteiger partial charge in [0, 0.05) is 0 Å². The fourth-order valence-corrected chi connectivity index (χ4v) is 0.974. The van der Waals surface area contributed by atoms with Gasteiger partial charge in [-0.05, 0) is 18.8 Å². The maximum absolute atomic E-state index is 10.9. The van der Waals surface area contributed by atoms with E-state index in [9.17, 15) is 4.79 Å². The first-order valence-corrected chi connectivity index (χ1v) is 4.48. The first kappa shape index (κ1) is 11.2. The van der Waals surface area contributed by atoms with E-state index in [1.54, 1.807) is 0 Å². The Balaban J connectivity index is 3.82. The molecule has 0 amide bonds. The molecule has 0 aromatic heterocycles. The quantitative estimate of drug-likeness (QED) is 0.468. The van der Waals surface area contributed by atoms with Gasteiger partial charge in [0.15, 0.2) is 0 Å². The predicted octanol–water partition coefficient (Wildman–Crippen LogP) is 2.54. The molecule has 0 heterocycles. The summed E-state index contributed by atoms with van der Waals surface area (Å²) in [5.41, 5.74) is 0. The van der Waals surface area contributed by atoms with E-state index in [1.807, 2.05) is 0 Å². The number of carbonyl (C=O) groups excluding carboxylic acids is 1. The van der Waals surface area contributed by atoms with Crippen LogP contribution in [-0.2, 0) is 9.53 Å². The van der Waals surface area contributed by atoms with Crippen LogP contribution in [0.1, 0.15) is 33.1 Å². The van der Waals surface area contributed by atoms with Crippen LogP contribution in [0.5, 0.6) is 0 Å². The third-order valence-electron chi connectivity index (χ3n) is 1.82. The molecule has 12 heavy (non-hydrogen) atoms. The second-order valence-electron chi connectivity index (χ2n) is 2.78. The molecule has 0 fully saturated rings. The van der Waals surface area contributed by atoms with E-state index in [2.05, 4.69) is 30.7 Å². The highest BCUT2D eigenvalue weighted by Crippen LogP contribution is 2.10. The summed E-state index contributed by atoms with van der Waals surface area (Å²) < 4.78 is 4.59.